The van der Waals surface area contributed by atoms with Crippen molar-refractivity contribution in [1.82, 2.24) is 0 Å². The molecule has 0 N–H and O–H groups in total. The number of allylic oxidation sites excluding steroid dienone is 2. The molecule has 0 aliphatic rings. The maximum Gasteiger partial charge on any atom is 0.0100 e. The molecular formula is C22H24S2. The molecule has 0 atom stereocenters. The quantitative estimate of drug-likeness (QED) is 0.280. The third kappa shape index (κ3) is 8.91. The van der Waals surface area contributed by atoms with Crippen LogP contribution in [-0.2, 0) is 0 Å². The van der Waals surface area contributed by atoms with Crippen molar-refractivity contribution >= 4 is 23.5 Å². The first kappa shape index (κ1) is 18.8. The first-order chi connectivity index (χ1) is 11.9. The molecule has 0 aromatic heterocycles. The van der Waals surface area contributed by atoms with E-state index in [0.717, 1.165) is 25.0 Å². The van der Waals surface area contributed by atoms with Crippen LogP contribution in [0.5, 0.6) is 0 Å². The van der Waals surface area contributed by atoms with Crippen LogP contribution in [0.3, 0.4) is 0 Å². The van der Waals surface area contributed by atoms with Gasteiger partial charge in [0.15, 0.2) is 0 Å². The van der Waals surface area contributed by atoms with Crippen molar-refractivity contribution in [2.45, 2.75) is 35.5 Å². The molecule has 2 aromatic carbocycles. The number of thioether (sulfide) groups is 2. The molecule has 2 rings (SSSR count). The third-order valence-electron chi connectivity index (χ3n) is 3.29. The molecule has 0 nitrogen and oxygen atoms in total. The van der Waals surface area contributed by atoms with Crippen LogP contribution in [0, 0.1) is 11.8 Å². The van der Waals surface area contributed by atoms with Gasteiger partial charge in [0.2, 0.25) is 0 Å². The summed E-state index contributed by atoms with van der Waals surface area (Å²) >= 11 is 3.83. The van der Waals surface area contributed by atoms with E-state index in [2.05, 4.69) is 78.6 Å². The molecule has 124 valence electrons. The lowest BCUT2D eigenvalue weighted by atomic mass is 10.3. The SMILES string of the molecule is C(#CCCCSc1ccccc1)/C=C\CCCSc1ccccc1. The Hall–Kier alpha value is -1.56. The van der Waals surface area contributed by atoms with Crippen LogP contribution in [0.1, 0.15) is 25.7 Å². The molecule has 2 heteroatoms. The van der Waals surface area contributed by atoms with Gasteiger partial charge in [-0.3, -0.25) is 0 Å². The summed E-state index contributed by atoms with van der Waals surface area (Å²) in [5, 5.41) is 0. The second-order valence-electron chi connectivity index (χ2n) is 5.29. The predicted octanol–water partition coefficient (Wildman–Crippen LogP) is 6.69. The van der Waals surface area contributed by atoms with Gasteiger partial charge in [-0.1, -0.05) is 54.3 Å². The summed E-state index contributed by atoms with van der Waals surface area (Å²) < 4.78 is 0. The van der Waals surface area contributed by atoms with Crippen LogP contribution in [0.2, 0.25) is 0 Å². The van der Waals surface area contributed by atoms with E-state index in [4.69, 9.17) is 0 Å². The first-order valence-corrected chi connectivity index (χ1v) is 10.4. The highest BCUT2D eigenvalue weighted by atomic mass is 32.2. The number of unbranched alkanes of at least 4 members (excludes halogenated alkanes) is 2. The van der Waals surface area contributed by atoms with Crippen LogP contribution in [0.4, 0.5) is 0 Å². The van der Waals surface area contributed by atoms with E-state index in [9.17, 15) is 0 Å². The van der Waals surface area contributed by atoms with Crippen LogP contribution in [0.15, 0.2) is 82.6 Å². The average molecular weight is 353 g/mol. The summed E-state index contributed by atoms with van der Waals surface area (Å²) in [6, 6.07) is 21.1. The molecule has 0 radical (unpaired) electrons. The van der Waals surface area contributed by atoms with E-state index in [1.54, 1.807) is 0 Å². The van der Waals surface area contributed by atoms with Crippen molar-refractivity contribution in [3.63, 3.8) is 0 Å². The lowest BCUT2D eigenvalue weighted by Gasteiger charge is -1.98. The molecule has 24 heavy (non-hydrogen) atoms. The molecule has 0 amide bonds. The zero-order chi connectivity index (χ0) is 16.7. The summed E-state index contributed by atoms with van der Waals surface area (Å²) in [5.74, 6) is 8.68. The number of benzene rings is 2. The largest absolute Gasteiger partial charge is 0.126 e. The molecule has 0 unspecified atom stereocenters. The van der Waals surface area contributed by atoms with Gasteiger partial charge < -0.3 is 0 Å². The minimum atomic E-state index is 0.980. The van der Waals surface area contributed by atoms with Crippen molar-refractivity contribution in [3.05, 3.63) is 72.8 Å². The Kier molecular flexibility index (Phi) is 10.0. The third-order valence-corrected chi connectivity index (χ3v) is 5.48. The Morgan fingerprint density at radius 3 is 1.96 bits per heavy atom. The van der Waals surface area contributed by atoms with Gasteiger partial charge in [-0.2, -0.15) is 0 Å². The van der Waals surface area contributed by atoms with Crippen molar-refractivity contribution in [2.24, 2.45) is 0 Å². The van der Waals surface area contributed by atoms with E-state index in [0.29, 0.717) is 0 Å². The van der Waals surface area contributed by atoms with Gasteiger partial charge in [0, 0.05) is 16.2 Å². The second-order valence-corrected chi connectivity index (χ2v) is 7.63. The van der Waals surface area contributed by atoms with Crippen molar-refractivity contribution in [1.29, 1.82) is 0 Å². The highest BCUT2D eigenvalue weighted by Crippen LogP contribution is 2.19. The zero-order valence-electron chi connectivity index (χ0n) is 14.0. The van der Waals surface area contributed by atoms with E-state index >= 15 is 0 Å². The zero-order valence-corrected chi connectivity index (χ0v) is 15.6. The van der Waals surface area contributed by atoms with Gasteiger partial charge >= 0.3 is 0 Å². The molecular weight excluding hydrogens is 328 g/mol. The van der Waals surface area contributed by atoms with Gasteiger partial charge in [-0.15, -0.1) is 23.5 Å². The molecule has 0 heterocycles. The molecule has 0 fully saturated rings. The highest BCUT2D eigenvalue weighted by Gasteiger charge is 1.92. The number of hydrogen-bond acceptors (Lipinski definition) is 2. The van der Waals surface area contributed by atoms with Crippen LogP contribution in [0.25, 0.3) is 0 Å². The lowest BCUT2D eigenvalue weighted by Crippen LogP contribution is -1.79. The monoisotopic (exact) mass is 352 g/mol. The first-order valence-electron chi connectivity index (χ1n) is 8.44. The fraction of sp³-hybridized carbons (Fsp3) is 0.273. The predicted molar refractivity (Wildman–Crippen MR) is 110 cm³/mol. The van der Waals surface area contributed by atoms with E-state index < -0.39 is 0 Å². The minimum Gasteiger partial charge on any atom is -0.126 e. The van der Waals surface area contributed by atoms with E-state index in [-0.39, 0.29) is 0 Å². The van der Waals surface area contributed by atoms with Gasteiger partial charge in [0.1, 0.15) is 0 Å². The number of hydrogen-bond donors (Lipinski definition) is 0. The molecule has 0 bridgehead atoms. The summed E-state index contributed by atoms with van der Waals surface area (Å²) in [6.07, 6.45) is 8.64. The minimum absolute atomic E-state index is 0.980. The van der Waals surface area contributed by atoms with Crippen LogP contribution < -0.4 is 0 Å². The topological polar surface area (TPSA) is 0 Å². The molecule has 0 saturated carbocycles. The van der Waals surface area contributed by atoms with Gasteiger partial charge in [-0.25, -0.2) is 0 Å². The van der Waals surface area contributed by atoms with Crippen molar-refractivity contribution < 1.29 is 0 Å². The summed E-state index contributed by atoms with van der Waals surface area (Å²) in [4.78, 5) is 2.70. The van der Waals surface area contributed by atoms with Gasteiger partial charge in [-0.05, 0) is 61.1 Å². The van der Waals surface area contributed by atoms with Crippen LogP contribution in [-0.4, -0.2) is 11.5 Å². The van der Waals surface area contributed by atoms with Crippen LogP contribution >= 0.6 is 23.5 Å². The molecule has 2 aromatic rings. The Morgan fingerprint density at radius 1 is 0.750 bits per heavy atom. The fourth-order valence-corrected chi connectivity index (χ4v) is 3.82. The standard InChI is InChI=1S/C22H24S2/c1(3-5-13-19-23-21-15-9-7-10-16-21)2-4-6-14-20-24-22-17-11-8-12-18-22/h1,3,7-12,15-18H,5-6,13-14,19-20H2/b3-1-. The van der Waals surface area contributed by atoms with E-state index in [1.165, 1.54) is 22.0 Å². The maximum atomic E-state index is 3.23. The van der Waals surface area contributed by atoms with E-state index in [1.807, 2.05) is 29.6 Å². The summed E-state index contributed by atoms with van der Waals surface area (Å²) in [7, 11) is 0. The average Bonchev–Trinajstić information content (AvgIpc) is 2.64. The Labute approximate surface area is 155 Å². The molecule has 0 spiro atoms. The fourth-order valence-electron chi connectivity index (χ4n) is 2.05. The lowest BCUT2D eigenvalue weighted by molar-refractivity contribution is 0.971. The number of rotatable bonds is 9. The van der Waals surface area contributed by atoms with Crippen molar-refractivity contribution in [3.8, 4) is 11.8 Å². The van der Waals surface area contributed by atoms with Gasteiger partial charge in [0.05, 0.1) is 0 Å². The Balaban J connectivity index is 1.45. The summed E-state index contributed by atoms with van der Waals surface area (Å²) in [6.45, 7) is 0. The molecule has 0 saturated heterocycles. The Bertz CT molecular complexity index is 636. The maximum absolute atomic E-state index is 3.23. The highest BCUT2D eigenvalue weighted by molar-refractivity contribution is 7.99. The smallest absolute Gasteiger partial charge is 0.0100 e. The van der Waals surface area contributed by atoms with Crippen molar-refractivity contribution in [2.75, 3.05) is 11.5 Å². The molecule has 0 aliphatic carbocycles. The second kappa shape index (κ2) is 12.8. The Morgan fingerprint density at radius 2 is 1.33 bits per heavy atom. The normalized spacial score (nSPS) is 10.5. The summed E-state index contributed by atoms with van der Waals surface area (Å²) in [5.41, 5.74) is 0. The molecule has 0 aliphatic heterocycles. The van der Waals surface area contributed by atoms with Gasteiger partial charge in [0.25, 0.3) is 0 Å².